The van der Waals surface area contributed by atoms with E-state index in [2.05, 4.69) is 10.4 Å². The van der Waals surface area contributed by atoms with Crippen molar-refractivity contribution in [1.29, 1.82) is 0 Å². The van der Waals surface area contributed by atoms with E-state index in [0.717, 1.165) is 12.1 Å². The van der Waals surface area contributed by atoms with Crippen molar-refractivity contribution in [3.8, 4) is 0 Å². The number of halogens is 2. The van der Waals surface area contributed by atoms with E-state index in [1.54, 1.807) is 13.8 Å². The molecule has 0 saturated heterocycles. The van der Waals surface area contributed by atoms with Crippen molar-refractivity contribution in [2.75, 3.05) is 0 Å². The molecule has 2 amide bonds. The monoisotopic (exact) mass is 283 g/mol. The van der Waals surface area contributed by atoms with Crippen LogP contribution in [0.5, 0.6) is 0 Å². The van der Waals surface area contributed by atoms with Crippen LogP contribution in [0.2, 0.25) is 0 Å². The van der Waals surface area contributed by atoms with Gasteiger partial charge in [0.1, 0.15) is 0 Å². The molecule has 0 spiro atoms. The lowest BCUT2D eigenvalue weighted by Crippen LogP contribution is -2.41. The summed E-state index contributed by atoms with van der Waals surface area (Å²) in [6.07, 6.45) is 0. The first kappa shape index (κ1) is 15.7. The Hall–Kier alpha value is -2.31. The summed E-state index contributed by atoms with van der Waals surface area (Å²) in [5.41, 5.74) is 2.59. The van der Waals surface area contributed by atoms with E-state index in [1.807, 2.05) is 5.43 Å². The average molecular weight is 283 g/mol. The molecule has 0 aliphatic carbocycles. The van der Waals surface area contributed by atoms with Crippen molar-refractivity contribution in [2.24, 2.45) is 5.10 Å². The van der Waals surface area contributed by atoms with Gasteiger partial charge in [0.25, 0.3) is 0 Å². The van der Waals surface area contributed by atoms with Crippen LogP contribution in [0.4, 0.5) is 8.78 Å². The number of hydrazone groups is 1. The number of benzene rings is 1. The summed E-state index contributed by atoms with van der Waals surface area (Å²) < 4.78 is 25.8. The maximum absolute atomic E-state index is 13.0. The van der Waals surface area contributed by atoms with E-state index < -0.39 is 23.4 Å². The fourth-order valence-electron chi connectivity index (χ4n) is 1.30. The van der Waals surface area contributed by atoms with E-state index in [0.29, 0.717) is 5.56 Å². The van der Waals surface area contributed by atoms with Gasteiger partial charge in [0.15, 0.2) is 11.6 Å². The largest absolute Gasteiger partial charge is 0.346 e. The lowest BCUT2D eigenvalue weighted by atomic mass is 10.1. The third kappa shape index (κ3) is 4.42. The van der Waals surface area contributed by atoms with E-state index in [4.69, 9.17) is 0 Å². The van der Waals surface area contributed by atoms with Crippen LogP contribution in [0.1, 0.15) is 26.3 Å². The van der Waals surface area contributed by atoms with Gasteiger partial charge in [0, 0.05) is 11.6 Å². The van der Waals surface area contributed by atoms with Crippen LogP contribution in [0, 0.1) is 11.6 Å². The van der Waals surface area contributed by atoms with Crippen molar-refractivity contribution in [3.05, 3.63) is 35.4 Å². The summed E-state index contributed by atoms with van der Waals surface area (Å²) in [5.74, 6) is -3.73. The van der Waals surface area contributed by atoms with Gasteiger partial charge in [-0.25, -0.2) is 14.2 Å². The van der Waals surface area contributed by atoms with E-state index in [-0.39, 0.29) is 11.8 Å². The fraction of sp³-hybridized carbons (Fsp3) is 0.308. The normalized spacial score (nSPS) is 11.4. The summed E-state index contributed by atoms with van der Waals surface area (Å²) in [6.45, 7) is 4.91. The Morgan fingerprint density at radius 3 is 2.35 bits per heavy atom. The molecular formula is C13H15F2N3O2. The molecule has 108 valence electrons. The molecule has 1 aromatic rings. The van der Waals surface area contributed by atoms with Crippen molar-refractivity contribution < 1.29 is 18.4 Å². The van der Waals surface area contributed by atoms with E-state index >= 15 is 0 Å². The van der Waals surface area contributed by atoms with Gasteiger partial charge < -0.3 is 5.32 Å². The standard InChI is InChI=1S/C13H15F2N3O2/c1-7(2)16-12(19)13(20)18-17-8(3)9-4-5-10(14)11(15)6-9/h4-7H,1-3H3,(H,16,19)(H,18,20)/b17-8-. The molecule has 0 aliphatic rings. The average Bonchev–Trinajstić information content (AvgIpc) is 2.37. The van der Waals surface area contributed by atoms with Gasteiger partial charge in [-0.1, -0.05) is 0 Å². The fourth-order valence-corrected chi connectivity index (χ4v) is 1.30. The van der Waals surface area contributed by atoms with E-state index in [1.165, 1.54) is 13.0 Å². The quantitative estimate of drug-likeness (QED) is 0.499. The molecule has 0 fully saturated rings. The Kier molecular flexibility index (Phi) is 5.31. The Balaban J connectivity index is 2.72. The zero-order valence-corrected chi connectivity index (χ0v) is 11.3. The summed E-state index contributed by atoms with van der Waals surface area (Å²) in [6, 6.07) is 3.05. The van der Waals surface area contributed by atoms with Crippen LogP contribution in [0.3, 0.4) is 0 Å². The lowest BCUT2D eigenvalue weighted by molar-refractivity contribution is -0.139. The number of amides is 2. The maximum Gasteiger partial charge on any atom is 0.329 e. The van der Waals surface area contributed by atoms with Gasteiger partial charge in [-0.15, -0.1) is 0 Å². The van der Waals surface area contributed by atoms with Crippen LogP contribution < -0.4 is 10.7 Å². The smallest absolute Gasteiger partial charge is 0.329 e. The Morgan fingerprint density at radius 2 is 1.80 bits per heavy atom. The number of carbonyl (C=O) groups is 2. The van der Waals surface area contributed by atoms with Crippen molar-refractivity contribution >= 4 is 17.5 Å². The first-order valence-corrected chi connectivity index (χ1v) is 5.91. The van der Waals surface area contributed by atoms with Gasteiger partial charge in [0.05, 0.1) is 5.71 Å². The second-order valence-corrected chi connectivity index (χ2v) is 4.40. The van der Waals surface area contributed by atoms with Gasteiger partial charge in [-0.2, -0.15) is 5.10 Å². The van der Waals surface area contributed by atoms with Crippen molar-refractivity contribution in [3.63, 3.8) is 0 Å². The topological polar surface area (TPSA) is 70.6 Å². The molecule has 0 radical (unpaired) electrons. The number of hydrogen-bond donors (Lipinski definition) is 2. The predicted octanol–water partition coefficient (Wildman–Crippen LogP) is 1.33. The maximum atomic E-state index is 13.0. The molecule has 0 unspecified atom stereocenters. The van der Waals surface area contributed by atoms with Gasteiger partial charge in [-0.3, -0.25) is 9.59 Å². The highest BCUT2D eigenvalue weighted by atomic mass is 19.2. The highest BCUT2D eigenvalue weighted by Crippen LogP contribution is 2.09. The Labute approximate surface area is 115 Å². The van der Waals surface area contributed by atoms with Crippen LogP contribution in [-0.2, 0) is 9.59 Å². The third-order valence-corrected chi connectivity index (χ3v) is 2.29. The summed E-state index contributed by atoms with van der Waals surface area (Å²) in [4.78, 5) is 22.7. The highest BCUT2D eigenvalue weighted by molar-refractivity contribution is 6.35. The van der Waals surface area contributed by atoms with Crippen LogP contribution >= 0.6 is 0 Å². The zero-order chi connectivity index (χ0) is 15.3. The molecule has 0 heterocycles. The second kappa shape index (κ2) is 6.74. The molecule has 5 nitrogen and oxygen atoms in total. The highest BCUT2D eigenvalue weighted by Gasteiger charge is 2.13. The van der Waals surface area contributed by atoms with Crippen molar-refractivity contribution in [2.45, 2.75) is 26.8 Å². The molecule has 2 N–H and O–H groups in total. The molecule has 0 atom stereocenters. The van der Waals surface area contributed by atoms with Crippen LogP contribution in [0.15, 0.2) is 23.3 Å². The number of carbonyl (C=O) groups excluding carboxylic acids is 2. The Bertz CT molecular complexity index is 557. The Morgan fingerprint density at radius 1 is 1.15 bits per heavy atom. The number of nitrogens with zero attached hydrogens (tertiary/aromatic N) is 1. The summed E-state index contributed by atoms with van der Waals surface area (Å²) >= 11 is 0. The minimum Gasteiger partial charge on any atom is -0.346 e. The minimum absolute atomic E-state index is 0.176. The SMILES string of the molecule is C/C(=N/NC(=O)C(=O)NC(C)C)c1ccc(F)c(F)c1. The summed E-state index contributed by atoms with van der Waals surface area (Å²) in [7, 11) is 0. The lowest BCUT2D eigenvalue weighted by Gasteiger charge is -2.07. The molecule has 0 saturated carbocycles. The predicted molar refractivity (Wildman–Crippen MR) is 70.0 cm³/mol. The molecular weight excluding hydrogens is 268 g/mol. The molecule has 0 aliphatic heterocycles. The zero-order valence-electron chi connectivity index (χ0n) is 11.3. The van der Waals surface area contributed by atoms with Gasteiger partial charge >= 0.3 is 11.8 Å². The first-order chi connectivity index (χ1) is 9.31. The van der Waals surface area contributed by atoms with Gasteiger partial charge in [-0.05, 0) is 39.0 Å². The van der Waals surface area contributed by atoms with E-state index in [9.17, 15) is 18.4 Å². The molecule has 1 aromatic carbocycles. The van der Waals surface area contributed by atoms with Crippen LogP contribution in [0.25, 0.3) is 0 Å². The molecule has 0 bridgehead atoms. The molecule has 7 heteroatoms. The number of hydrogen-bond acceptors (Lipinski definition) is 3. The molecule has 20 heavy (non-hydrogen) atoms. The second-order valence-electron chi connectivity index (χ2n) is 4.40. The van der Waals surface area contributed by atoms with Crippen molar-refractivity contribution in [1.82, 2.24) is 10.7 Å². The number of nitrogens with one attached hydrogen (secondary N) is 2. The number of rotatable bonds is 3. The molecule has 1 rings (SSSR count). The van der Waals surface area contributed by atoms with Gasteiger partial charge in [0.2, 0.25) is 0 Å². The summed E-state index contributed by atoms with van der Waals surface area (Å²) in [5, 5.41) is 6.05. The van der Waals surface area contributed by atoms with Crippen LogP contribution in [-0.4, -0.2) is 23.6 Å². The third-order valence-electron chi connectivity index (χ3n) is 2.29. The minimum atomic E-state index is -1.01. The first-order valence-electron chi connectivity index (χ1n) is 5.91. The molecule has 0 aromatic heterocycles.